The molecular formula is C19H21NO3. The molecule has 0 saturated heterocycles. The van der Waals surface area contributed by atoms with E-state index in [2.05, 4.69) is 25.1 Å². The molecule has 1 amide bonds. The molecule has 0 bridgehead atoms. The molecule has 120 valence electrons. The molecular weight excluding hydrogens is 290 g/mol. The van der Waals surface area contributed by atoms with Crippen LogP contribution in [-0.4, -0.2) is 31.6 Å². The molecule has 1 aliphatic heterocycles. The predicted molar refractivity (Wildman–Crippen MR) is 89.1 cm³/mol. The Balaban J connectivity index is 1.90. The fourth-order valence-corrected chi connectivity index (χ4v) is 3.13. The number of carbonyl (C=O) groups excluding carboxylic acids is 1. The molecule has 0 N–H and O–H groups in total. The molecule has 0 spiro atoms. The van der Waals surface area contributed by atoms with Crippen LogP contribution in [0, 0.1) is 0 Å². The van der Waals surface area contributed by atoms with E-state index in [0.29, 0.717) is 29.5 Å². The van der Waals surface area contributed by atoms with Gasteiger partial charge in [-0.15, -0.1) is 0 Å². The first-order valence-corrected chi connectivity index (χ1v) is 7.72. The molecule has 1 heterocycles. The van der Waals surface area contributed by atoms with Gasteiger partial charge in [0.15, 0.2) is 0 Å². The van der Waals surface area contributed by atoms with E-state index in [1.807, 2.05) is 11.0 Å². The number of nitrogens with zero attached hydrogens (tertiary/aromatic N) is 1. The van der Waals surface area contributed by atoms with Gasteiger partial charge in [-0.25, -0.2) is 0 Å². The molecule has 0 saturated carbocycles. The van der Waals surface area contributed by atoms with Gasteiger partial charge in [0.25, 0.3) is 5.91 Å². The second-order valence-electron chi connectivity index (χ2n) is 5.89. The normalized spacial score (nSPS) is 16.7. The number of rotatable bonds is 3. The van der Waals surface area contributed by atoms with Crippen LogP contribution in [0.2, 0.25) is 0 Å². The number of hydrogen-bond donors (Lipinski definition) is 0. The second-order valence-corrected chi connectivity index (χ2v) is 5.89. The molecule has 1 atom stereocenters. The van der Waals surface area contributed by atoms with Crippen LogP contribution < -0.4 is 9.47 Å². The number of hydrogen-bond acceptors (Lipinski definition) is 3. The number of methoxy groups -OCH3 is 2. The summed E-state index contributed by atoms with van der Waals surface area (Å²) in [4.78, 5) is 14.8. The van der Waals surface area contributed by atoms with Crippen molar-refractivity contribution >= 4 is 5.91 Å². The highest BCUT2D eigenvalue weighted by atomic mass is 16.5. The number of benzene rings is 2. The minimum absolute atomic E-state index is 0.00329. The molecule has 1 aliphatic rings. The van der Waals surface area contributed by atoms with Gasteiger partial charge in [-0.05, 0) is 29.2 Å². The van der Waals surface area contributed by atoms with Crippen molar-refractivity contribution in [2.75, 3.05) is 20.8 Å². The van der Waals surface area contributed by atoms with E-state index >= 15 is 0 Å². The van der Waals surface area contributed by atoms with Crippen molar-refractivity contribution < 1.29 is 14.3 Å². The van der Waals surface area contributed by atoms with Crippen molar-refractivity contribution in [3.05, 3.63) is 59.2 Å². The molecule has 0 aromatic heterocycles. The van der Waals surface area contributed by atoms with Gasteiger partial charge in [-0.3, -0.25) is 4.79 Å². The molecule has 2 aromatic rings. The van der Waals surface area contributed by atoms with Crippen LogP contribution in [0.25, 0.3) is 0 Å². The molecule has 2 aromatic carbocycles. The summed E-state index contributed by atoms with van der Waals surface area (Å²) in [6, 6.07) is 13.6. The van der Waals surface area contributed by atoms with E-state index in [-0.39, 0.29) is 5.91 Å². The van der Waals surface area contributed by atoms with E-state index in [9.17, 15) is 4.79 Å². The summed E-state index contributed by atoms with van der Waals surface area (Å²) in [6.45, 7) is 3.51. The highest BCUT2D eigenvalue weighted by Crippen LogP contribution is 2.30. The Kier molecular flexibility index (Phi) is 4.24. The van der Waals surface area contributed by atoms with E-state index in [1.165, 1.54) is 11.1 Å². The van der Waals surface area contributed by atoms with Gasteiger partial charge in [-0.2, -0.15) is 0 Å². The van der Waals surface area contributed by atoms with Gasteiger partial charge in [0.2, 0.25) is 0 Å². The lowest BCUT2D eigenvalue weighted by Gasteiger charge is -2.33. The molecule has 23 heavy (non-hydrogen) atoms. The minimum Gasteiger partial charge on any atom is -0.497 e. The summed E-state index contributed by atoms with van der Waals surface area (Å²) < 4.78 is 10.5. The van der Waals surface area contributed by atoms with Crippen LogP contribution in [0.1, 0.15) is 34.3 Å². The first-order chi connectivity index (χ1) is 11.1. The van der Waals surface area contributed by atoms with Crippen molar-refractivity contribution in [2.45, 2.75) is 19.4 Å². The average molecular weight is 311 g/mol. The largest absolute Gasteiger partial charge is 0.497 e. The van der Waals surface area contributed by atoms with E-state index < -0.39 is 0 Å². The summed E-state index contributed by atoms with van der Waals surface area (Å²) in [5.41, 5.74) is 3.14. The predicted octanol–water partition coefficient (Wildman–Crippen LogP) is 3.46. The standard InChI is InChI=1S/C19H21NO3/c1-13-11-20(12-14-6-4-5-7-18(13)14)19(21)15-8-16(22-2)10-17(9-15)23-3/h4-10,13H,11-12H2,1-3H3. The molecule has 4 heteroatoms. The van der Waals surface area contributed by atoms with Crippen LogP contribution in [0.5, 0.6) is 11.5 Å². The fraction of sp³-hybridized carbons (Fsp3) is 0.316. The third-order valence-corrected chi connectivity index (χ3v) is 4.33. The number of amides is 1. The Morgan fingerprint density at radius 1 is 1.09 bits per heavy atom. The number of carbonyl (C=O) groups is 1. The average Bonchev–Trinajstić information content (AvgIpc) is 2.60. The SMILES string of the molecule is COc1cc(OC)cc(C(=O)N2Cc3ccccc3C(C)C2)c1. The van der Waals surface area contributed by atoms with Crippen molar-refractivity contribution in [2.24, 2.45) is 0 Å². The molecule has 4 nitrogen and oxygen atoms in total. The minimum atomic E-state index is 0.00329. The van der Waals surface area contributed by atoms with Crippen molar-refractivity contribution in [1.82, 2.24) is 4.90 Å². The Labute approximate surface area is 136 Å². The number of ether oxygens (including phenoxy) is 2. The Morgan fingerprint density at radius 3 is 2.39 bits per heavy atom. The molecule has 0 radical (unpaired) electrons. The van der Waals surface area contributed by atoms with Crippen LogP contribution >= 0.6 is 0 Å². The Bertz CT molecular complexity index is 704. The lowest BCUT2D eigenvalue weighted by molar-refractivity contribution is 0.0720. The molecule has 1 unspecified atom stereocenters. The van der Waals surface area contributed by atoms with Gasteiger partial charge in [0.05, 0.1) is 14.2 Å². The maximum atomic E-state index is 12.9. The fourth-order valence-electron chi connectivity index (χ4n) is 3.13. The smallest absolute Gasteiger partial charge is 0.254 e. The molecule has 3 rings (SSSR count). The topological polar surface area (TPSA) is 38.8 Å². The third-order valence-electron chi connectivity index (χ3n) is 4.33. The quantitative estimate of drug-likeness (QED) is 0.871. The van der Waals surface area contributed by atoms with E-state index in [0.717, 1.165) is 6.54 Å². The van der Waals surface area contributed by atoms with Crippen LogP contribution in [-0.2, 0) is 6.54 Å². The van der Waals surface area contributed by atoms with Crippen LogP contribution in [0.4, 0.5) is 0 Å². The monoisotopic (exact) mass is 311 g/mol. The van der Waals surface area contributed by atoms with Gasteiger partial charge in [0, 0.05) is 24.7 Å². The van der Waals surface area contributed by atoms with Crippen molar-refractivity contribution in [1.29, 1.82) is 0 Å². The summed E-state index contributed by atoms with van der Waals surface area (Å²) >= 11 is 0. The summed E-state index contributed by atoms with van der Waals surface area (Å²) in [5.74, 6) is 1.58. The number of fused-ring (bicyclic) bond motifs is 1. The van der Waals surface area contributed by atoms with Crippen LogP contribution in [0.15, 0.2) is 42.5 Å². The van der Waals surface area contributed by atoms with E-state index in [1.54, 1.807) is 32.4 Å². The lowest BCUT2D eigenvalue weighted by Crippen LogP contribution is -2.37. The van der Waals surface area contributed by atoms with Crippen molar-refractivity contribution in [3.8, 4) is 11.5 Å². The third kappa shape index (κ3) is 3.02. The van der Waals surface area contributed by atoms with Gasteiger partial charge < -0.3 is 14.4 Å². The highest BCUT2D eigenvalue weighted by molar-refractivity contribution is 5.95. The molecule has 0 aliphatic carbocycles. The van der Waals surface area contributed by atoms with Gasteiger partial charge in [0.1, 0.15) is 11.5 Å². The summed E-state index contributed by atoms with van der Waals surface area (Å²) in [6.07, 6.45) is 0. The molecule has 0 fully saturated rings. The van der Waals surface area contributed by atoms with Crippen molar-refractivity contribution in [3.63, 3.8) is 0 Å². The highest BCUT2D eigenvalue weighted by Gasteiger charge is 2.26. The summed E-state index contributed by atoms with van der Waals surface area (Å²) in [5, 5.41) is 0. The van der Waals surface area contributed by atoms with Gasteiger partial charge >= 0.3 is 0 Å². The summed E-state index contributed by atoms with van der Waals surface area (Å²) in [7, 11) is 3.17. The zero-order valence-electron chi connectivity index (χ0n) is 13.7. The zero-order valence-corrected chi connectivity index (χ0v) is 13.7. The first kappa shape index (κ1) is 15.4. The Hall–Kier alpha value is -2.49. The van der Waals surface area contributed by atoms with Gasteiger partial charge in [-0.1, -0.05) is 31.2 Å². The van der Waals surface area contributed by atoms with Crippen LogP contribution in [0.3, 0.4) is 0 Å². The second kappa shape index (κ2) is 6.32. The first-order valence-electron chi connectivity index (χ1n) is 7.72. The maximum absolute atomic E-state index is 12.9. The van der Waals surface area contributed by atoms with E-state index in [4.69, 9.17) is 9.47 Å². The zero-order chi connectivity index (χ0) is 16.4. The maximum Gasteiger partial charge on any atom is 0.254 e. The Morgan fingerprint density at radius 2 is 1.74 bits per heavy atom. The lowest BCUT2D eigenvalue weighted by atomic mass is 9.91.